The average molecular weight is 311 g/mol. The Balaban J connectivity index is 2.69. The number of carbonyl (C=O) groups excluding carboxylic acids is 1. The van der Waals surface area contributed by atoms with E-state index in [0.717, 1.165) is 5.56 Å². The van der Waals surface area contributed by atoms with E-state index in [1.54, 1.807) is 0 Å². The second-order valence-electron chi connectivity index (χ2n) is 5.46. The Morgan fingerprint density at radius 2 is 1.95 bits per heavy atom. The summed E-state index contributed by atoms with van der Waals surface area (Å²) >= 11 is 4.59. The van der Waals surface area contributed by atoms with E-state index in [1.165, 1.54) is 0 Å². The van der Waals surface area contributed by atoms with Crippen molar-refractivity contribution >= 4 is 23.3 Å². The van der Waals surface area contributed by atoms with Gasteiger partial charge in [-0.2, -0.15) is 11.0 Å². The molecule has 0 saturated heterocycles. The number of nitrogens with two attached hydrogens (primary N) is 1. The molecule has 0 radical (unpaired) electrons. The van der Waals surface area contributed by atoms with E-state index >= 15 is 0 Å². The lowest BCUT2D eigenvalue weighted by Crippen LogP contribution is -2.46. The number of carbonyl (C=O) groups is 1. The minimum absolute atomic E-state index is 0.112. The first-order chi connectivity index (χ1) is 9.78. The van der Waals surface area contributed by atoms with Crippen LogP contribution in [0, 0.1) is 0 Å². The van der Waals surface area contributed by atoms with Gasteiger partial charge in [0.05, 0.1) is 5.60 Å². The maximum atomic E-state index is 12.0. The van der Waals surface area contributed by atoms with Crippen molar-refractivity contribution in [1.29, 1.82) is 0 Å². The van der Waals surface area contributed by atoms with Crippen LogP contribution in [0.4, 0.5) is 0 Å². The van der Waals surface area contributed by atoms with Gasteiger partial charge in [0, 0.05) is 6.42 Å². The first-order valence-electron chi connectivity index (χ1n) is 6.51. The molecule has 0 aromatic heterocycles. The molecule has 0 heterocycles. The summed E-state index contributed by atoms with van der Waals surface area (Å²) in [6.45, 7) is 5.62. The fourth-order valence-electron chi connectivity index (χ4n) is 1.44. The number of benzene rings is 1. The molecule has 0 bridgehead atoms. The van der Waals surface area contributed by atoms with Crippen LogP contribution < -0.4 is 16.7 Å². The summed E-state index contributed by atoms with van der Waals surface area (Å²) in [5.41, 5.74) is 10.7. The largest absolute Gasteiger partial charge is 0.374 e. The molecule has 1 aromatic carbocycles. The van der Waals surface area contributed by atoms with E-state index < -0.39 is 17.6 Å². The van der Waals surface area contributed by atoms with Gasteiger partial charge < -0.3 is 10.6 Å². The maximum Gasteiger partial charge on any atom is 0.351 e. The lowest BCUT2D eigenvalue weighted by Gasteiger charge is -2.24. The molecule has 0 spiro atoms. The molecule has 1 atom stereocenters. The van der Waals surface area contributed by atoms with Gasteiger partial charge >= 0.3 is 5.97 Å². The van der Waals surface area contributed by atoms with Crippen LogP contribution in [-0.4, -0.2) is 22.7 Å². The normalized spacial score (nSPS) is 12.5. The monoisotopic (exact) mass is 311 g/mol. The van der Waals surface area contributed by atoms with Crippen molar-refractivity contribution in [3.63, 3.8) is 0 Å². The lowest BCUT2D eigenvalue weighted by molar-refractivity contribution is -0.160. The lowest BCUT2D eigenvalue weighted by atomic mass is 10.1. The topological polar surface area (TPSA) is 85.6 Å². The quantitative estimate of drug-likeness (QED) is 0.556. The van der Waals surface area contributed by atoms with Gasteiger partial charge in [0.1, 0.15) is 6.04 Å². The minimum atomic E-state index is -0.687. The summed E-state index contributed by atoms with van der Waals surface area (Å²) in [5, 5.41) is -0.112. The van der Waals surface area contributed by atoms with Crippen LogP contribution in [0.5, 0.6) is 0 Å². The van der Waals surface area contributed by atoms with Gasteiger partial charge in [-0.25, -0.2) is 4.79 Å². The fraction of sp³-hybridized carbons (Fsp3) is 0.429. The maximum absolute atomic E-state index is 12.0. The van der Waals surface area contributed by atoms with E-state index in [4.69, 9.17) is 15.4 Å². The van der Waals surface area contributed by atoms with Crippen molar-refractivity contribution in [3.05, 3.63) is 35.9 Å². The van der Waals surface area contributed by atoms with Gasteiger partial charge in [0.15, 0.2) is 5.11 Å². The van der Waals surface area contributed by atoms with Gasteiger partial charge in [0.25, 0.3) is 0 Å². The Morgan fingerprint density at radius 1 is 1.33 bits per heavy atom. The van der Waals surface area contributed by atoms with Crippen LogP contribution in [0.25, 0.3) is 0 Å². The Morgan fingerprint density at radius 3 is 2.48 bits per heavy atom. The molecule has 116 valence electrons. The number of thiocarbonyl (C=S) groups is 1. The van der Waals surface area contributed by atoms with Crippen LogP contribution in [0.3, 0.4) is 0 Å². The van der Waals surface area contributed by atoms with Crippen molar-refractivity contribution in [1.82, 2.24) is 11.0 Å². The van der Waals surface area contributed by atoms with Crippen LogP contribution in [-0.2, 0) is 20.9 Å². The van der Waals surface area contributed by atoms with Gasteiger partial charge in [-0.05, 0) is 38.6 Å². The van der Waals surface area contributed by atoms with E-state index in [0.29, 0.717) is 6.42 Å². The summed E-state index contributed by atoms with van der Waals surface area (Å²) in [6, 6.07) is 8.85. The van der Waals surface area contributed by atoms with Crippen LogP contribution in [0.15, 0.2) is 30.3 Å². The molecule has 6 nitrogen and oxygen atoms in total. The van der Waals surface area contributed by atoms with Crippen molar-refractivity contribution in [3.8, 4) is 0 Å². The molecule has 1 aromatic rings. The molecule has 0 aliphatic heterocycles. The summed E-state index contributed by atoms with van der Waals surface area (Å²) in [7, 11) is 0. The number of hydroxylamine groups is 2. The fourth-order valence-corrected chi connectivity index (χ4v) is 1.48. The van der Waals surface area contributed by atoms with Crippen molar-refractivity contribution in [2.45, 2.75) is 38.8 Å². The highest BCUT2D eigenvalue weighted by Crippen LogP contribution is 2.08. The van der Waals surface area contributed by atoms with E-state index in [-0.39, 0.29) is 5.11 Å². The second kappa shape index (κ2) is 7.92. The molecule has 0 aliphatic rings. The highest BCUT2D eigenvalue weighted by atomic mass is 32.1. The minimum Gasteiger partial charge on any atom is -0.374 e. The molecule has 0 saturated carbocycles. The Labute approximate surface area is 129 Å². The smallest absolute Gasteiger partial charge is 0.351 e. The zero-order valence-corrected chi connectivity index (χ0v) is 13.2. The second-order valence-corrected chi connectivity index (χ2v) is 5.90. The number of rotatable bonds is 5. The molecule has 0 fully saturated rings. The molecule has 1 rings (SSSR count). The van der Waals surface area contributed by atoms with Gasteiger partial charge in [-0.1, -0.05) is 30.3 Å². The predicted octanol–water partition coefficient (Wildman–Crippen LogP) is 1.21. The standard InChI is InChI=1S/C14H21N3O3S/c1-14(2,3)20-16-11(12(18)19-17-13(15)21)9-10-7-5-4-6-8-10/h4-8,11,16H,9H2,1-3H3,(H3,15,17,21). The first-order valence-corrected chi connectivity index (χ1v) is 6.92. The highest BCUT2D eigenvalue weighted by Gasteiger charge is 2.24. The van der Waals surface area contributed by atoms with Gasteiger partial charge in [-0.3, -0.25) is 4.84 Å². The summed E-state index contributed by atoms with van der Waals surface area (Å²) in [6.07, 6.45) is 0.411. The first kappa shape index (κ1) is 17.4. The summed E-state index contributed by atoms with van der Waals surface area (Å²) < 4.78 is 0. The molecular formula is C14H21N3O3S. The van der Waals surface area contributed by atoms with Gasteiger partial charge in [0.2, 0.25) is 0 Å². The van der Waals surface area contributed by atoms with E-state index in [9.17, 15) is 4.79 Å². The molecule has 4 N–H and O–H groups in total. The van der Waals surface area contributed by atoms with Crippen molar-refractivity contribution in [2.24, 2.45) is 5.73 Å². The Hall–Kier alpha value is -1.70. The van der Waals surface area contributed by atoms with Crippen molar-refractivity contribution in [2.75, 3.05) is 0 Å². The molecule has 21 heavy (non-hydrogen) atoms. The molecular weight excluding hydrogens is 290 g/mol. The third kappa shape index (κ3) is 7.60. The van der Waals surface area contributed by atoms with E-state index in [2.05, 4.69) is 23.2 Å². The summed E-state index contributed by atoms with van der Waals surface area (Å²) in [5.74, 6) is -0.559. The Bertz CT molecular complexity index is 474. The third-order valence-corrected chi connectivity index (χ3v) is 2.41. The molecule has 0 aliphatic carbocycles. The summed E-state index contributed by atoms with van der Waals surface area (Å²) in [4.78, 5) is 22.3. The number of hydrogen-bond acceptors (Lipinski definition) is 5. The molecule has 1 unspecified atom stereocenters. The molecule has 0 amide bonds. The zero-order valence-electron chi connectivity index (χ0n) is 12.4. The average Bonchev–Trinajstić information content (AvgIpc) is 2.41. The number of nitrogens with one attached hydrogen (secondary N) is 2. The predicted molar refractivity (Wildman–Crippen MR) is 83.9 cm³/mol. The Kier molecular flexibility index (Phi) is 6.54. The van der Waals surface area contributed by atoms with Crippen LogP contribution >= 0.6 is 12.2 Å². The van der Waals surface area contributed by atoms with Crippen LogP contribution in [0.2, 0.25) is 0 Å². The SMILES string of the molecule is CC(C)(C)ONC(Cc1ccccc1)C(=O)ONC(N)=S. The number of hydrogen-bond donors (Lipinski definition) is 3. The third-order valence-electron chi connectivity index (χ3n) is 2.33. The molecule has 7 heteroatoms. The van der Waals surface area contributed by atoms with Crippen molar-refractivity contribution < 1.29 is 14.5 Å². The van der Waals surface area contributed by atoms with E-state index in [1.807, 2.05) is 51.1 Å². The van der Waals surface area contributed by atoms with Gasteiger partial charge in [-0.15, -0.1) is 0 Å². The van der Waals surface area contributed by atoms with Crippen LogP contribution in [0.1, 0.15) is 26.3 Å². The zero-order chi connectivity index (χ0) is 15.9. The highest BCUT2D eigenvalue weighted by molar-refractivity contribution is 7.80.